The monoisotopic (exact) mass is 544 g/mol. The Hall–Kier alpha value is -2.68. The summed E-state index contributed by atoms with van der Waals surface area (Å²) in [5, 5.41) is 12.7. The van der Waals surface area contributed by atoms with Crippen LogP contribution in [0.1, 0.15) is 11.1 Å². The molecule has 1 aromatic heterocycles. The maximum Gasteiger partial charge on any atom is 0.234 e. The Labute approximate surface area is 208 Å². The highest BCUT2D eigenvalue weighted by Crippen LogP contribution is 2.30. The zero-order chi connectivity index (χ0) is 23.5. The van der Waals surface area contributed by atoms with E-state index in [9.17, 15) is 9.18 Å². The first-order chi connectivity index (χ1) is 15.8. The maximum atomic E-state index is 13.5. The number of anilines is 1. The van der Waals surface area contributed by atoms with Crippen LogP contribution in [-0.4, -0.2) is 26.4 Å². The third-order valence-corrected chi connectivity index (χ3v) is 6.55. The number of carbonyl (C=O) groups excluding carboxylic acids is 1. The van der Waals surface area contributed by atoms with Gasteiger partial charge in [-0.15, -0.1) is 10.2 Å². The molecule has 0 atom stereocenters. The molecular formula is C24H19BrClFN4OS. The standard InChI is InChI=1S/C24H19BrClFN4OS/c1-14-11-17(25)12-15(2)22(14)28-21(32)13-33-24-30-29-23(16-3-5-18(26)6-4-16)31(24)20-9-7-19(27)8-10-20/h3-12H,13H2,1-2H3,(H,28,32). The first-order valence-corrected chi connectivity index (χ1v) is 12.1. The van der Waals surface area contributed by atoms with Crippen molar-refractivity contribution >= 4 is 50.9 Å². The fourth-order valence-electron chi connectivity index (χ4n) is 3.39. The van der Waals surface area contributed by atoms with Gasteiger partial charge < -0.3 is 5.32 Å². The van der Waals surface area contributed by atoms with Crippen LogP contribution >= 0.6 is 39.3 Å². The van der Waals surface area contributed by atoms with Gasteiger partial charge in [-0.05, 0) is 85.6 Å². The highest BCUT2D eigenvalue weighted by atomic mass is 79.9. The molecule has 0 aliphatic heterocycles. The molecule has 33 heavy (non-hydrogen) atoms. The Balaban J connectivity index is 1.60. The number of carbonyl (C=O) groups is 1. The Morgan fingerprint density at radius 1 is 1.06 bits per heavy atom. The van der Waals surface area contributed by atoms with Crippen LogP contribution in [0.2, 0.25) is 5.02 Å². The summed E-state index contributed by atoms with van der Waals surface area (Å²) in [5.41, 5.74) is 4.23. The van der Waals surface area contributed by atoms with Crippen molar-refractivity contribution in [2.45, 2.75) is 19.0 Å². The molecule has 0 spiro atoms. The second kappa shape index (κ2) is 10.1. The van der Waals surface area contributed by atoms with Crippen LogP contribution in [0.5, 0.6) is 0 Å². The van der Waals surface area contributed by atoms with Crippen molar-refractivity contribution in [1.29, 1.82) is 0 Å². The molecule has 0 aliphatic carbocycles. The number of amides is 1. The van der Waals surface area contributed by atoms with Gasteiger partial charge in [-0.1, -0.05) is 39.3 Å². The molecule has 0 radical (unpaired) electrons. The van der Waals surface area contributed by atoms with E-state index in [0.29, 0.717) is 21.7 Å². The number of hydrogen-bond acceptors (Lipinski definition) is 4. The minimum absolute atomic E-state index is 0.134. The van der Waals surface area contributed by atoms with E-state index in [1.807, 2.05) is 38.1 Å². The lowest BCUT2D eigenvalue weighted by Gasteiger charge is -2.13. The summed E-state index contributed by atoms with van der Waals surface area (Å²) in [5.74, 6) is 0.208. The zero-order valence-electron chi connectivity index (χ0n) is 17.8. The lowest BCUT2D eigenvalue weighted by molar-refractivity contribution is -0.113. The topological polar surface area (TPSA) is 59.8 Å². The quantitative estimate of drug-likeness (QED) is 0.270. The molecule has 168 valence electrons. The molecule has 1 N–H and O–H groups in total. The number of aromatic nitrogens is 3. The van der Waals surface area contributed by atoms with Crippen molar-refractivity contribution < 1.29 is 9.18 Å². The second-order valence-electron chi connectivity index (χ2n) is 7.38. The smallest absolute Gasteiger partial charge is 0.234 e. The van der Waals surface area contributed by atoms with Gasteiger partial charge in [0.1, 0.15) is 5.82 Å². The maximum absolute atomic E-state index is 13.5. The average Bonchev–Trinajstić information content (AvgIpc) is 3.20. The number of halogens is 3. The molecule has 0 bridgehead atoms. The molecule has 4 rings (SSSR count). The summed E-state index contributed by atoms with van der Waals surface area (Å²) in [4.78, 5) is 12.7. The van der Waals surface area contributed by atoms with Crippen LogP contribution in [0, 0.1) is 19.7 Å². The van der Waals surface area contributed by atoms with Crippen molar-refractivity contribution in [1.82, 2.24) is 14.8 Å². The largest absolute Gasteiger partial charge is 0.325 e. The molecule has 1 heterocycles. The van der Waals surface area contributed by atoms with Gasteiger partial charge >= 0.3 is 0 Å². The summed E-state index contributed by atoms with van der Waals surface area (Å²) >= 11 is 10.7. The van der Waals surface area contributed by atoms with Crippen molar-refractivity contribution in [2.24, 2.45) is 0 Å². The molecule has 9 heteroatoms. The Kier molecular flexibility index (Phi) is 7.17. The second-order valence-corrected chi connectivity index (χ2v) is 9.67. The van der Waals surface area contributed by atoms with E-state index in [1.54, 1.807) is 28.8 Å². The van der Waals surface area contributed by atoms with Gasteiger partial charge in [-0.2, -0.15) is 0 Å². The summed E-state index contributed by atoms with van der Waals surface area (Å²) < 4.78 is 16.3. The molecule has 0 aliphatic rings. The van der Waals surface area contributed by atoms with E-state index in [0.717, 1.165) is 26.9 Å². The van der Waals surface area contributed by atoms with Gasteiger partial charge in [0.05, 0.1) is 5.75 Å². The van der Waals surface area contributed by atoms with Crippen LogP contribution in [0.15, 0.2) is 70.3 Å². The number of rotatable bonds is 6. The van der Waals surface area contributed by atoms with Gasteiger partial charge in [0.25, 0.3) is 0 Å². The molecule has 4 aromatic rings. The van der Waals surface area contributed by atoms with E-state index >= 15 is 0 Å². The Morgan fingerprint density at radius 2 is 1.70 bits per heavy atom. The molecule has 5 nitrogen and oxygen atoms in total. The number of nitrogens with one attached hydrogen (secondary N) is 1. The molecular weight excluding hydrogens is 527 g/mol. The number of aryl methyl sites for hydroxylation is 2. The third-order valence-electron chi connectivity index (χ3n) is 4.91. The minimum Gasteiger partial charge on any atom is -0.325 e. The fourth-order valence-corrected chi connectivity index (χ4v) is 4.95. The summed E-state index contributed by atoms with van der Waals surface area (Å²) in [7, 11) is 0. The minimum atomic E-state index is -0.339. The third kappa shape index (κ3) is 5.46. The summed E-state index contributed by atoms with van der Waals surface area (Å²) in [6, 6.07) is 17.2. The average molecular weight is 546 g/mol. The SMILES string of the molecule is Cc1cc(Br)cc(C)c1NC(=O)CSc1nnc(-c2ccc(Cl)cc2)n1-c1ccc(F)cc1. The van der Waals surface area contributed by atoms with Crippen molar-refractivity contribution in [3.05, 3.63) is 87.1 Å². The molecule has 0 saturated heterocycles. The van der Waals surface area contributed by atoms with Crippen molar-refractivity contribution in [2.75, 3.05) is 11.1 Å². The van der Waals surface area contributed by atoms with Crippen LogP contribution in [0.3, 0.4) is 0 Å². The normalized spacial score (nSPS) is 10.9. The lowest BCUT2D eigenvalue weighted by atomic mass is 10.1. The Bertz CT molecular complexity index is 1290. The van der Waals surface area contributed by atoms with E-state index < -0.39 is 0 Å². The number of nitrogens with zero attached hydrogens (tertiary/aromatic N) is 3. The molecule has 1 amide bonds. The highest BCUT2D eigenvalue weighted by Gasteiger charge is 2.18. The zero-order valence-corrected chi connectivity index (χ0v) is 20.9. The molecule has 0 fully saturated rings. The molecule has 0 unspecified atom stereocenters. The van der Waals surface area contributed by atoms with Gasteiger partial charge in [-0.25, -0.2) is 4.39 Å². The lowest BCUT2D eigenvalue weighted by Crippen LogP contribution is -2.16. The number of benzene rings is 3. The molecule has 0 saturated carbocycles. The first-order valence-electron chi connectivity index (χ1n) is 9.98. The number of thioether (sulfide) groups is 1. The summed E-state index contributed by atoms with van der Waals surface area (Å²) in [6.07, 6.45) is 0. The van der Waals surface area contributed by atoms with Gasteiger partial charge in [-0.3, -0.25) is 9.36 Å². The van der Waals surface area contributed by atoms with Crippen LogP contribution in [0.25, 0.3) is 17.1 Å². The van der Waals surface area contributed by atoms with E-state index in [2.05, 4.69) is 31.4 Å². The van der Waals surface area contributed by atoms with Gasteiger partial charge in [0.15, 0.2) is 11.0 Å². The fraction of sp³-hybridized carbons (Fsp3) is 0.125. The van der Waals surface area contributed by atoms with Gasteiger partial charge in [0.2, 0.25) is 5.91 Å². The van der Waals surface area contributed by atoms with Crippen molar-refractivity contribution in [3.8, 4) is 17.1 Å². The van der Waals surface area contributed by atoms with Gasteiger partial charge in [0, 0.05) is 26.4 Å². The van der Waals surface area contributed by atoms with Crippen molar-refractivity contribution in [3.63, 3.8) is 0 Å². The van der Waals surface area contributed by atoms with E-state index in [4.69, 9.17) is 11.6 Å². The highest BCUT2D eigenvalue weighted by molar-refractivity contribution is 9.10. The first kappa shape index (κ1) is 23.5. The van der Waals surface area contributed by atoms with Crippen LogP contribution < -0.4 is 5.32 Å². The summed E-state index contributed by atoms with van der Waals surface area (Å²) in [6.45, 7) is 3.90. The predicted octanol–water partition coefficient (Wildman–Crippen LogP) is 6.84. The van der Waals surface area contributed by atoms with Crippen LogP contribution in [-0.2, 0) is 4.79 Å². The number of hydrogen-bond donors (Lipinski definition) is 1. The van der Waals surface area contributed by atoms with Crippen LogP contribution in [0.4, 0.5) is 10.1 Å². The predicted molar refractivity (Wildman–Crippen MR) is 135 cm³/mol. The Morgan fingerprint density at radius 3 is 2.33 bits per heavy atom. The molecule has 3 aromatic carbocycles. The van der Waals surface area contributed by atoms with E-state index in [-0.39, 0.29) is 17.5 Å². The van der Waals surface area contributed by atoms with E-state index in [1.165, 1.54) is 23.9 Å².